The van der Waals surface area contributed by atoms with Crippen molar-refractivity contribution in [1.29, 1.82) is 0 Å². The lowest BCUT2D eigenvalue weighted by Crippen LogP contribution is -2.31. The monoisotopic (exact) mass is 364 g/mol. The highest BCUT2D eigenvalue weighted by Crippen LogP contribution is 2.30. The average Bonchev–Trinajstić information content (AvgIpc) is 3.07. The number of rotatable bonds is 5. The summed E-state index contributed by atoms with van der Waals surface area (Å²) < 4.78 is 0. The van der Waals surface area contributed by atoms with Gasteiger partial charge in [-0.15, -0.1) is 0 Å². The summed E-state index contributed by atoms with van der Waals surface area (Å²) in [4.78, 5) is 26.5. The van der Waals surface area contributed by atoms with Crippen molar-refractivity contribution in [3.05, 3.63) is 65.7 Å². The van der Waals surface area contributed by atoms with Gasteiger partial charge < -0.3 is 10.2 Å². The molecule has 4 nitrogen and oxygen atoms in total. The third-order valence-corrected chi connectivity index (χ3v) is 4.84. The normalized spacial score (nSPS) is 15.7. The number of anilines is 1. The van der Waals surface area contributed by atoms with Crippen molar-refractivity contribution >= 4 is 17.5 Å². The first-order valence-corrected chi connectivity index (χ1v) is 9.60. The van der Waals surface area contributed by atoms with Gasteiger partial charge in [0, 0.05) is 24.2 Å². The number of benzene rings is 2. The van der Waals surface area contributed by atoms with Gasteiger partial charge in [-0.3, -0.25) is 9.59 Å². The molecular formula is C23H28N2O2. The summed E-state index contributed by atoms with van der Waals surface area (Å²) in [5.74, 6) is 0.0638. The van der Waals surface area contributed by atoms with Gasteiger partial charge in [0.1, 0.15) is 0 Å². The second-order valence-electron chi connectivity index (χ2n) is 8.40. The standard InChI is InChI=1S/C23H28N2O2/c1-23(2,3)16-20(17-8-5-4-6-9-17)24-22(27)18-11-13-19(14-12-18)25-15-7-10-21(25)26/h4-6,8-9,11-14,20H,7,10,15-16H2,1-3H3,(H,24,27). The fraction of sp³-hybridized carbons (Fsp3) is 0.391. The predicted molar refractivity (Wildman–Crippen MR) is 109 cm³/mol. The Labute approximate surface area is 161 Å². The molecule has 0 radical (unpaired) electrons. The molecule has 0 spiro atoms. The van der Waals surface area contributed by atoms with Gasteiger partial charge in [-0.25, -0.2) is 0 Å². The summed E-state index contributed by atoms with van der Waals surface area (Å²) in [7, 11) is 0. The van der Waals surface area contributed by atoms with Gasteiger partial charge in [0.05, 0.1) is 6.04 Å². The van der Waals surface area contributed by atoms with E-state index in [1.807, 2.05) is 30.3 Å². The van der Waals surface area contributed by atoms with E-state index in [4.69, 9.17) is 0 Å². The van der Waals surface area contributed by atoms with Crippen molar-refractivity contribution in [3.63, 3.8) is 0 Å². The summed E-state index contributed by atoms with van der Waals surface area (Å²) in [5, 5.41) is 3.18. The second kappa shape index (κ2) is 7.95. The molecule has 1 atom stereocenters. The van der Waals surface area contributed by atoms with E-state index in [1.54, 1.807) is 17.0 Å². The van der Waals surface area contributed by atoms with E-state index in [2.05, 4.69) is 38.2 Å². The molecule has 1 saturated heterocycles. The second-order valence-corrected chi connectivity index (χ2v) is 8.40. The van der Waals surface area contributed by atoms with Crippen LogP contribution in [0.2, 0.25) is 0 Å². The van der Waals surface area contributed by atoms with Crippen molar-refractivity contribution in [2.75, 3.05) is 11.4 Å². The zero-order chi connectivity index (χ0) is 19.4. The van der Waals surface area contributed by atoms with E-state index in [0.29, 0.717) is 12.0 Å². The molecule has 142 valence electrons. The van der Waals surface area contributed by atoms with Crippen LogP contribution in [0.5, 0.6) is 0 Å². The number of nitrogens with one attached hydrogen (secondary N) is 1. The van der Waals surface area contributed by atoms with Crippen LogP contribution in [0.4, 0.5) is 5.69 Å². The van der Waals surface area contributed by atoms with E-state index < -0.39 is 0 Å². The summed E-state index contributed by atoms with van der Waals surface area (Å²) >= 11 is 0. The average molecular weight is 364 g/mol. The van der Waals surface area contributed by atoms with Crippen LogP contribution in [0.15, 0.2) is 54.6 Å². The molecule has 1 aliphatic rings. The molecule has 1 unspecified atom stereocenters. The van der Waals surface area contributed by atoms with Gasteiger partial charge in [-0.2, -0.15) is 0 Å². The van der Waals surface area contributed by atoms with Crippen LogP contribution in [-0.4, -0.2) is 18.4 Å². The maximum Gasteiger partial charge on any atom is 0.251 e. The first-order valence-electron chi connectivity index (χ1n) is 9.60. The Morgan fingerprint density at radius 3 is 2.30 bits per heavy atom. The van der Waals surface area contributed by atoms with Gasteiger partial charge >= 0.3 is 0 Å². The third-order valence-electron chi connectivity index (χ3n) is 4.84. The van der Waals surface area contributed by atoms with Crippen LogP contribution in [0.1, 0.15) is 62.0 Å². The maximum atomic E-state index is 12.8. The summed E-state index contributed by atoms with van der Waals surface area (Å²) in [6.45, 7) is 7.29. The van der Waals surface area contributed by atoms with Crippen LogP contribution in [0.25, 0.3) is 0 Å². The number of amides is 2. The Balaban J connectivity index is 1.74. The molecule has 2 aromatic carbocycles. The van der Waals surface area contributed by atoms with Gasteiger partial charge in [0.25, 0.3) is 5.91 Å². The number of carbonyl (C=O) groups excluding carboxylic acids is 2. The van der Waals surface area contributed by atoms with Crippen molar-refractivity contribution in [2.24, 2.45) is 5.41 Å². The fourth-order valence-corrected chi connectivity index (χ4v) is 3.51. The van der Waals surface area contributed by atoms with Crippen LogP contribution in [0, 0.1) is 5.41 Å². The molecule has 0 bridgehead atoms. The maximum absolute atomic E-state index is 12.8. The molecule has 1 aliphatic heterocycles. The summed E-state index contributed by atoms with van der Waals surface area (Å²) in [5.41, 5.74) is 2.68. The first-order chi connectivity index (χ1) is 12.8. The minimum absolute atomic E-state index is 0.0430. The molecular weight excluding hydrogens is 336 g/mol. The third kappa shape index (κ3) is 4.97. The number of nitrogens with zero attached hydrogens (tertiary/aromatic N) is 1. The molecule has 1 N–H and O–H groups in total. The molecule has 0 saturated carbocycles. The van der Waals surface area contributed by atoms with Gasteiger partial charge in [-0.1, -0.05) is 51.1 Å². The number of hydrogen-bond donors (Lipinski definition) is 1. The lowest BCUT2D eigenvalue weighted by Gasteiger charge is -2.27. The van der Waals surface area contributed by atoms with E-state index >= 15 is 0 Å². The molecule has 2 amide bonds. The highest BCUT2D eigenvalue weighted by molar-refractivity contribution is 5.97. The smallest absolute Gasteiger partial charge is 0.251 e. The van der Waals surface area contributed by atoms with Gasteiger partial charge in [-0.05, 0) is 48.1 Å². The van der Waals surface area contributed by atoms with E-state index in [0.717, 1.165) is 30.6 Å². The van der Waals surface area contributed by atoms with E-state index in [-0.39, 0.29) is 23.3 Å². The van der Waals surface area contributed by atoms with Gasteiger partial charge in [0.15, 0.2) is 0 Å². The molecule has 0 aromatic heterocycles. The van der Waals surface area contributed by atoms with Crippen molar-refractivity contribution in [2.45, 2.75) is 46.1 Å². The Bertz CT molecular complexity index is 791. The SMILES string of the molecule is CC(C)(C)CC(NC(=O)c1ccc(N2CCCC2=O)cc1)c1ccccc1. The number of hydrogen-bond acceptors (Lipinski definition) is 2. The zero-order valence-corrected chi connectivity index (χ0v) is 16.4. The van der Waals surface area contributed by atoms with E-state index in [1.165, 1.54) is 0 Å². The highest BCUT2D eigenvalue weighted by atomic mass is 16.2. The Hall–Kier alpha value is -2.62. The largest absolute Gasteiger partial charge is 0.345 e. The fourth-order valence-electron chi connectivity index (χ4n) is 3.51. The van der Waals surface area contributed by atoms with E-state index in [9.17, 15) is 9.59 Å². The number of carbonyl (C=O) groups is 2. The Morgan fingerprint density at radius 2 is 1.74 bits per heavy atom. The molecule has 1 fully saturated rings. The van der Waals surface area contributed by atoms with Crippen LogP contribution in [0.3, 0.4) is 0 Å². The zero-order valence-electron chi connectivity index (χ0n) is 16.4. The molecule has 1 heterocycles. The lowest BCUT2D eigenvalue weighted by molar-refractivity contribution is -0.117. The van der Waals surface area contributed by atoms with Crippen LogP contribution < -0.4 is 10.2 Å². The summed E-state index contributed by atoms with van der Waals surface area (Å²) in [6, 6.07) is 17.4. The van der Waals surface area contributed by atoms with Crippen LogP contribution >= 0.6 is 0 Å². The molecule has 2 aromatic rings. The highest BCUT2D eigenvalue weighted by Gasteiger charge is 2.24. The first kappa shape index (κ1) is 19.2. The van der Waals surface area contributed by atoms with Crippen LogP contribution in [-0.2, 0) is 4.79 Å². The minimum Gasteiger partial charge on any atom is -0.345 e. The lowest BCUT2D eigenvalue weighted by atomic mass is 9.85. The van der Waals surface area contributed by atoms with Crippen molar-refractivity contribution in [1.82, 2.24) is 5.32 Å². The topological polar surface area (TPSA) is 49.4 Å². The Morgan fingerprint density at radius 1 is 1.07 bits per heavy atom. The Kier molecular flexibility index (Phi) is 5.64. The minimum atomic E-state index is -0.0904. The molecule has 3 rings (SSSR count). The van der Waals surface area contributed by atoms with Crippen molar-refractivity contribution in [3.8, 4) is 0 Å². The van der Waals surface area contributed by atoms with Gasteiger partial charge in [0.2, 0.25) is 5.91 Å². The quantitative estimate of drug-likeness (QED) is 0.834. The molecule has 4 heteroatoms. The summed E-state index contributed by atoms with van der Waals surface area (Å²) in [6.07, 6.45) is 2.35. The molecule has 27 heavy (non-hydrogen) atoms. The predicted octanol–water partition coefficient (Wildman–Crippen LogP) is 4.72. The molecule has 0 aliphatic carbocycles. The van der Waals surface area contributed by atoms with Crippen molar-refractivity contribution < 1.29 is 9.59 Å².